The Balaban J connectivity index is 1.88. The van der Waals surface area contributed by atoms with Crippen molar-refractivity contribution in [2.75, 3.05) is 16.5 Å². The summed E-state index contributed by atoms with van der Waals surface area (Å²) in [5, 5.41) is 9.51. The van der Waals surface area contributed by atoms with Crippen LogP contribution in [0.25, 0.3) is 0 Å². The summed E-state index contributed by atoms with van der Waals surface area (Å²) in [5.74, 6) is -0.799. The zero-order chi connectivity index (χ0) is 24.8. The van der Waals surface area contributed by atoms with E-state index in [0.29, 0.717) is 28.3 Å². The molecule has 0 fully saturated rings. The Bertz CT molecular complexity index is 1410. The number of carbonyl (C=O) groups excluding carboxylic acids is 1. The molecule has 7 nitrogen and oxygen atoms in total. The van der Waals surface area contributed by atoms with Gasteiger partial charge in [0.25, 0.3) is 5.91 Å². The van der Waals surface area contributed by atoms with Crippen molar-refractivity contribution in [2.45, 2.75) is 20.2 Å². The number of ether oxygens (including phenoxy) is 1. The van der Waals surface area contributed by atoms with Gasteiger partial charge in [-0.15, -0.1) is 13.2 Å². The van der Waals surface area contributed by atoms with Gasteiger partial charge in [0.15, 0.2) is 0 Å². The molecule has 0 radical (unpaired) electrons. The first-order valence-electron chi connectivity index (χ1n) is 9.88. The molecular formula is C23H16ClF3N4O3. The van der Waals surface area contributed by atoms with E-state index in [1.807, 2.05) is 6.07 Å². The number of amides is 1. The molecule has 0 unspecified atom stereocenters. The summed E-state index contributed by atoms with van der Waals surface area (Å²) in [6.07, 6.45) is -4.84. The van der Waals surface area contributed by atoms with Crippen LogP contribution in [0, 0.1) is 25.2 Å². The number of benzene rings is 2. The van der Waals surface area contributed by atoms with E-state index in [1.165, 1.54) is 47.4 Å². The summed E-state index contributed by atoms with van der Waals surface area (Å²) in [6.45, 7) is 3.21. The van der Waals surface area contributed by atoms with E-state index in [-0.39, 0.29) is 34.1 Å². The lowest BCUT2D eigenvalue weighted by Crippen LogP contribution is -2.45. The molecule has 4 rings (SSSR count). The predicted octanol–water partition coefficient (Wildman–Crippen LogP) is 5.17. The van der Waals surface area contributed by atoms with Crippen molar-refractivity contribution in [1.82, 2.24) is 4.98 Å². The van der Waals surface area contributed by atoms with Crippen molar-refractivity contribution >= 4 is 34.6 Å². The van der Waals surface area contributed by atoms with Crippen LogP contribution in [0.5, 0.6) is 5.75 Å². The molecule has 1 amide bonds. The van der Waals surface area contributed by atoms with Crippen molar-refractivity contribution in [3.8, 4) is 11.8 Å². The van der Waals surface area contributed by atoms with Gasteiger partial charge in [0, 0.05) is 17.4 Å². The summed E-state index contributed by atoms with van der Waals surface area (Å²) in [7, 11) is 0. The quantitative estimate of drug-likeness (QED) is 0.549. The maximum absolute atomic E-state index is 13.4. The molecule has 0 saturated carbocycles. The second-order valence-corrected chi connectivity index (χ2v) is 8.00. The normalized spacial score (nSPS) is 13.5. The lowest BCUT2D eigenvalue weighted by Gasteiger charge is -2.39. The number of hydrogen-bond acceptors (Lipinski definition) is 5. The van der Waals surface area contributed by atoms with Gasteiger partial charge >= 0.3 is 6.36 Å². The maximum Gasteiger partial charge on any atom is 0.573 e. The molecule has 11 heteroatoms. The molecule has 2 heterocycles. The number of pyridine rings is 1. The minimum atomic E-state index is -4.84. The van der Waals surface area contributed by atoms with Crippen molar-refractivity contribution in [1.29, 1.82) is 5.26 Å². The molecule has 1 aromatic heterocycles. The van der Waals surface area contributed by atoms with Crippen LogP contribution in [0.3, 0.4) is 0 Å². The van der Waals surface area contributed by atoms with Crippen molar-refractivity contribution in [3.05, 3.63) is 80.2 Å². The first-order chi connectivity index (χ1) is 16.0. The number of fused-ring (bicyclic) bond motifs is 1. The lowest BCUT2D eigenvalue weighted by atomic mass is 10.0. The highest BCUT2D eigenvalue weighted by atomic mass is 35.5. The monoisotopic (exact) mass is 488 g/mol. The molecule has 34 heavy (non-hydrogen) atoms. The van der Waals surface area contributed by atoms with Gasteiger partial charge in [-0.05, 0) is 55.8 Å². The first-order valence-corrected chi connectivity index (χ1v) is 10.3. The van der Waals surface area contributed by atoms with E-state index in [2.05, 4.69) is 9.72 Å². The first kappa shape index (κ1) is 23.2. The fourth-order valence-electron chi connectivity index (χ4n) is 3.85. The van der Waals surface area contributed by atoms with Gasteiger partial charge in [0.1, 0.15) is 18.5 Å². The Labute approximate surface area is 196 Å². The summed E-state index contributed by atoms with van der Waals surface area (Å²) >= 11 is 6.20. The van der Waals surface area contributed by atoms with Crippen LogP contribution in [0.15, 0.2) is 47.3 Å². The van der Waals surface area contributed by atoms with Crippen LogP contribution in [-0.4, -0.2) is 23.9 Å². The Kier molecular flexibility index (Phi) is 5.75. The van der Waals surface area contributed by atoms with Crippen LogP contribution in [0.2, 0.25) is 5.02 Å². The second kappa shape index (κ2) is 8.43. The number of nitrogens with zero attached hydrogens (tertiary/aromatic N) is 3. The third kappa shape index (κ3) is 4.30. The van der Waals surface area contributed by atoms with E-state index in [9.17, 15) is 28.0 Å². The zero-order valence-corrected chi connectivity index (χ0v) is 18.6. The number of aromatic nitrogens is 1. The van der Waals surface area contributed by atoms with Crippen LogP contribution in [0.4, 0.5) is 30.2 Å². The number of nitrogens with one attached hydrogen (secondary N) is 1. The summed E-state index contributed by atoms with van der Waals surface area (Å²) in [6, 6.07) is 11.5. The summed E-state index contributed by atoms with van der Waals surface area (Å²) in [4.78, 5) is 30.8. The number of H-pyrrole nitrogens is 1. The average Bonchev–Trinajstić information content (AvgIpc) is 2.74. The number of halogens is 4. The minimum Gasteiger partial charge on any atom is -0.406 e. The number of hydrogen-bond donors (Lipinski definition) is 1. The number of rotatable bonds is 3. The van der Waals surface area contributed by atoms with Crippen LogP contribution in [0.1, 0.15) is 27.2 Å². The molecule has 174 valence electrons. The van der Waals surface area contributed by atoms with Crippen molar-refractivity contribution < 1.29 is 22.7 Å². The van der Waals surface area contributed by atoms with Crippen LogP contribution in [-0.2, 0) is 0 Å². The lowest BCUT2D eigenvalue weighted by molar-refractivity contribution is -0.274. The van der Waals surface area contributed by atoms with Gasteiger partial charge in [0.05, 0.1) is 27.5 Å². The second-order valence-electron chi connectivity index (χ2n) is 7.59. The third-order valence-electron chi connectivity index (χ3n) is 5.33. The van der Waals surface area contributed by atoms with E-state index in [1.54, 1.807) is 18.7 Å². The molecular weight excluding hydrogens is 473 g/mol. The smallest absolute Gasteiger partial charge is 0.406 e. The van der Waals surface area contributed by atoms with Gasteiger partial charge in [-0.1, -0.05) is 11.6 Å². The molecule has 0 bridgehead atoms. The molecule has 2 aromatic carbocycles. The van der Waals surface area contributed by atoms with E-state index in [4.69, 9.17) is 11.6 Å². The van der Waals surface area contributed by atoms with Crippen LogP contribution < -0.4 is 20.1 Å². The largest absolute Gasteiger partial charge is 0.573 e. The number of carbonyl (C=O) groups is 1. The SMILES string of the molecule is Cc1cc(OC(F)(F)F)ccc1N1CN(c2ccc(=O)[nH]c2C)C(=O)c2cc(Cl)c(C#N)cc21. The minimum absolute atomic E-state index is 0.0362. The fourth-order valence-corrected chi connectivity index (χ4v) is 4.06. The molecule has 0 spiro atoms. The van der Waals surface area contributed by atoms with Gasteiger partial charge in [-0.2, -0.15) is 5.26 Å². The zero-order valence-electron chi connectivity index (χ0n) is 17.8. The average molecular weight is 489 g/mol. The Morgan fingerprint density at radius 1 is 1.03 bits per heavy atom. The number of aromatic amines is 1. The molecule has 0 atom stereocenters. The Morgan fingerprint density at radius 3 is 2.35 bits per heavy atom. The van der Waals surface area contributed by atoms with E-state index >= 15 is 0 Å². The number of alkyl halides is 3. The molecule has 1 aliphatic rings. The van der Waals surface area contributed by atoms with Crippen molar-refractivity contribution in [2.24, 2.45) is 0 Å². The number of anilines is 3. The molecule has 0 aliphatic carbocycles. The van der Waals surface area contributed by atoms with Gasteiger partial charge in [0.2, 0.25) is 5.56 Å². The highest BCUT2D eigenvalue weighted by molar-refractivity contribution is 6.32. The van der Waals surface area contributed by atoms with Gasteiger partial charge < -0.3 is 14.6 Å². The molecule has 1 aliphatic heterocycles. The Morgan fingerprint density at radius 2 is 1.74 bits per heavy atom. The molecule has 0 saturated heterocycles. The van der Waals surface area contributed by atoms with Crippen LogP contribution >= 0.6 is 11.6 Å². The van der Waals surface area contributed by atoms with Gasteiger partial charge in [-0.25, -0.2) is 0 Å². The third-order valence-corrected chi connectivity index (χ3v) is 5.64. The highest BCUT2D eigenvalue weighted by Gasteiger charge is 2.34. The van der Waals surface area contributed by atoms with Crippen molar-refractivity contribution in [3.63, 3.8) is 0 Å². The summed E-state index contributed by atoms with van der Waals surface area (Å²) < 4.78 is 42.0. The van der Waals surface area contributed by atoms with Gasteiger partial charge in [-0.3, -0.25) is 14.5 Å². The topological polar surface area (TPSA) is 89.4 Å². The predicted molar refractivity (Wildman–Crippen MR) is 120 cm³/mol. The fraction of sp³-hybridized carbons (Fsp3) is 0.174. The summed E-state index contributed by atoms with van der Waals surface area (Å²) in [5.41, 5.74) is 2.19. The molecule has 1 N–H and O–H groups in total. The maximum atomic E-state index is 13.4. The van der Waals surface area contributed by atoms with E-state index in [0.717, 1.165) is 0 Å². The van der Waals surface area contributed by atoms with E-state index < -0.39 is 12.3 Å². The Hall–Kier alpha value is -3.97. The highest BCUT2D eigenvalue weighted by Crippen LogP contribution is 2.40. The number of aryl methyl sites for hydroxylation is 2. The number of nitriles is 1. The molecule has 3 aromatic rings. The standard InChI is InChI=1S/C23H16ClF3N4O3/c1-12-7-15(34-23(25,26)27)3-4-18(12)30-11-31(19-5-6-21(32)29-13(19)2)22(33)16-9-17(24)14(10-28)8-20(16)30/h3-9H,11H2,1-2H3,(H,29,32).